The van der Waals surface area contributed by atoms with E-state index in [1.165, 1.54) is 0 Å². The Hall–Kier alpha value is -1.72. The lowest BCUT2D eigenvalue weighted by Gasteiger charge is -2.01. The highest BCUT2D eigenvalue weighted by atomic mass is 35.5. The molecule has 0 aliphatic rings. The van der Waals surface area contributed by atoms with Crippen molar-refractivity contribution in [2.75, 3.05) is 6.61 Å². The number of halogens is 2. The van der Waals surface area contributed by atoms with Gasteiger partial charge in [-0.15, -0.1) is 0 Å². The first kappa shape index (κ1) is 13.7. The SMILES string of the molecule is CCOc1oc(-c2c(Cl)cccc2Cl)nc1C(=O)O. The Morgan fingerprint density at radius 3 is 2.58 bits per heavy atom. The maximum Gasteiger partial charge on any atom is 0.362 e. The summed E-state index contributed by atoms with van der Waals surface area (Å²) in [7, 11) is 0. The fraction of sp³-hybridized carbons (Fsp3) is 0.167. The molecule has 0 unspecified atom stereocenters. The summed E-state index contributed by atoms with van der Waals surface area (Å²) in [6.45, 7) is 1.96. The van der Waals surface area contributed by atoms with Crippen LogP contribution in [0.25, 0.3) is 11.5 Å². The molecule has 1 aromatic carbocycles. The van der Waals surface area contributed by atoms with Crippen molar-refractivity contribution >= 4 is 29.2 Å². The third kappa shape index (κ3) is 2.67. The molecular weight excluding hydrogens is 293 g/mol. The molecule has 0 saturated heterocycles. The fourth-order valence-corrected chi connectivity index (χ4v) is 2.04. The Bertz CT molecular complexity index is 604. The fourth-order valence-electron chi connectivity index (χ4n) is 1.48. The van der Waals surface area contributed by atoms with E-state index in [1.807, 2.05) is 0 Å². The number of aromatic carboxylic acids is 1. The molecule has 19 heavy (non-hydrogen) atoms. The monoisotopic (exact) mass is 301 g/mol. The highest BCUT2D eigenvalue weighted by Gasteiger charge is 2.24. The zero-order valence-electron chi connectivity index (χ0n) is 9.81. The van der Waals surface area contributed by atoms with E-state index in [1.54, 1.807) is 25.1 Å². The highest BCUT2D eigenvalue weighted by Crippen LogP contribution is 2.36. The van der Waals surface area contributed by atoms with Gasteiger partial charge in [0.15, 0.2) is 0 Å². The first-order valence-corrected chi connectivity index (χ1v) is 6.11. The van der Waals surface area contributed by atoms with Crippen molar-refractivity contribution in [1.82, 2.24) is 4.98 Å². The van der Waals surface area contributed by atoms with Gasteiger partial charge in [-0.05, 0) is 19.1 Å². The summed E-state index contributed by atoms with van der Waals surface area (Å²) in [6, 6.07) is 4.88. The Morgan fingerprint density at radius 2 is 2.05 bits per heavy atom. The molecule has 0 aliphatic carbocycles. The topological polar surface area (TPSA) is 72.6 Å². The molecule has 0 fully saturated rings. The molecule has 2 aromatic rings. The number of aromatic nitrogens is 1. The average Bonchev–Trinajstić information content (AvgIpc) is 2.73. The first-order chi connectivity index (χ1) is 9.04. The maximum absolute atomic E-state index is 11.0. The molecule has 1 aromatic heterocycles. The molecule has 100 valence electrons. The van der Waals surface area contributed by atoms with Gasteiger partial charge in [-0.2, -0.15) is 4.98 Å². The van der Waals surface area contributed by atoms with Crippen LogP contribution in [0.15, 0.2) is 22.6 Å². The van der Waals surface area contributed by atoms with Gasteiger partial charge in [0, 0.05) is 0 Å². The van der Waals surface area contributed by atoms with Gasteiger partial charge in [0.2, 0.25) is 11.6 Å². The number of rotatable bonds is 4. The van der Waals surface area contributed by atoms with E-state index in [0.717, 1.165) is 0 Å². The van der Waals surface area contributed by atoms with Gasteiger partial charge in [-0.1, -0.05) is 29.3 Å². The van der Waals surface area contributed by atoms with Crippen LogP contribution in [-0.2, 0) is 0 Å². The molecule has 0 bridgehead atoms. The lowest BCUT2D eigenvalue weighted by molar-refractivity contribution is 0.0683. The van der Waals surface area contributed by atoms with E-state index in [9.17, 15) is 4.79 Å². The minimum Gasteiger partial charge on any atom is -0.476 e. The number of benzene rings is 1. The summed E-state index contributed by atoms with van der Waals surface area (Å²) < 4.78 is 10.4. The van der Waals surface area contributed by atoms with Crippen LogP contribution in [0.2, 0.25) is 10.0 Å². The third-order valence-corrected chi connectivity index (χ3v) is 2.88. The Labute approximate surface area is 118 Å². The number of ether oxygens (including phenoxy) is 1. The van der Waals surface area contributed by atoms with Crippen LogP contribution in [0.5, 0.6) is 5.95 Å². The van der Waals surface area contributed by atoms with Gasteiger partial charge in [0.1, 0.15) is 0 Å². The zero-order valence-corrected chi connectivity index (χ0v) is 11.3. The molecule has 0 aliphatic heterocycles. The summed E-state index contributed by atoms with van der Waals surface area (Å²) in [5.41, 5.74) is 0.0205. The van der Waals surface area contributed by atoms with E-state index in [0.29, 0.717) is 15.6 Å². The number of oxazole rings is 1. The van der Waals surface area contributed by atoms with Crippen LogP contribution in [0.4, 0.5) is 0 Å². The van der Waals surface area contributed by atoms with Crippen LogP contribution < -0.4 is 4.74 Å². The van der Waals surface area contributed by atoms with Gasteiger partial charge in [0.25, 0.3) is 0 Å². The smallest absolute Gasteiger partial charge is 0.362 e. The maximum atomic E-state index is 11.0. The first-order valence-electron chi connectivity index (χ1n) is 5.36. The van der Waals surface area contributed by atoms with E-state index >= 15 is 0 Å². The van der Waals surface area contributed by atoms with Crippen molar-refractivity contribution in [3.8, 4) is 17.4 Å². The van der Waals surface area contributed by atoms with Gasteiger partial charge in [-0.25, -0.2) is 4.79 Å². The van der Waals surface area contributed by atoms with Crippen molar-refractivity contribution in [3.63, 3.8) is 0 Å². The van der Waals surface area contributed by atoms with Crippen LogP contribution in [-0.4, -0.2) is 22.7 Å². The predicted molar refractivity (Wildman–Crippen MR) is 70.1 cm³/mol. The highest BCUT2D eigenvalue weighted by molar-refractivity contribution is 6.38. The quantitative estimate of drug-likeness (QED) is 0.931. The summed E-state index contributed by atoms with van der Waals surface area (Å²) in [4.78, 5) is 14.9. The predicted octanol–water partition coefficient (Wildman–Crippen LogP) is 3.75. The number of hydrogen-bond donors (Lipinski definition) is 1. The summed E-state index contributed by atoms with van der Waals surface area (Å²) in [5, 5.41) is 9.65. The Balaban J connectivity index is 2.57. The third-order valence-electron chi connectivity index (χ3n) is 2.25. The van der Waals surface area contributed by atoms with Crippen LogP contribution in [0.1, 0.15) is 17.4 Å². The second kappa shape index (κ2) is 5.50. The number of carboxylic acid groups (broad SMARTS) is 1. The van der Waals surface area contributed by atoms with Crippen molar-refractivity contribution in [2.24, 2.45) is 0 Å². The molecule has 0 saturated carbocycles. The molecule has 0 spiro atoms. The number of nitrogens with zero attached hydrogens (tertiary/aromatic N) is 1. The van der Waals surface area contributed by atoms with Crippen LogP contribution in [0, 0.1) is 0 Å². The van der Waals surface area contributed by atoms with E-state index in [2.05, 4.69) is 4.98 Å². The molecule has 5 nitrogen and oxygen atoms in total. The van der Waals surface area contributed by atoms with Gasteiger partial charge in [-0.3, -0.25) is 0 Å². The van der Waals surface area contributed by atoms with Crippen molar-refractivity contribution in [3.05, 3.63) is 33.9 Å². The van der Waals surface area contributed by atoms with Gasteiger partial charge >= 0.3 is 11.9 Å². The zero-order chi connectivity index (χ0) is 14.0. The van der Waals surface area contributed by atoms with Crippen LogP contribution in [0.3, 0.4) is 0 Å². The molecule has 2 rings (SSSR count). The molecular formula is C12H9Cl2NO4. The lowest BCUT2D eigenvalue weighted by atomic mass is 10.2. The number of hydrogen-bond acceptors (Lipinski definition) is 4. The summed E-state index contributed by atoms with van der Waals surface area (Å²) in [5.74, 6) is -1.40. The number of carboxylic acids is 1. The Kier molecular flexibility index (Phi) is 3.97. The minimum absolute atomic E-state index is 0.0106. The number of carbonyl (C=O) groups is 1. The molecule has 1 N–H and O–H groups in total. The summed E-state index contributed by atoms with van der Waals surface area (Å²) in [6.07, 6.45) is 0. The second-order valence-electron chi connectivity index (χ2n) is 3.49. The summed E-state index contributed by atoms with van der Waals surface area (Å²) >= 11 is 12.0. The van der Waals surface area contributed by atoms with E-state index in [4.69, 9.17) is 37.5 Å². The van der Waals surface area contributed by atoms with E-state index in [-0.39, 0.29) is 24.1 Å². The van der Waals surface area contributed by atoms with Crippen molar-refractivity contribution in [2.45, 2.75) is 6.92 Å². The lowest BCUT2D eigenvalue weighted by Crippen LogP contribution is -2.01. The molecule has 0 radical (unpaired) electrons. The molecule has 0 amide bonds. The second-order valence-corrected chi connectivity index (χ2v) is 4.30. The molecule has 1 heterocycles. The Morgan fingerprint density at radius 1 is 1.42 bits per heavy atom. The minimum atomic E-state index is -1.25. The van der Waals surface area contributed by atoms with Crippen molar-refractivity contribution in [1.29, 1.82) is 0 Å². The molecule has 7 heteroatoms. The van der Waals surface area contributed by atoms with Gasteiger partial charge in [0.05, 0.1) is 22.2 Å². The molecule has 0 atom stereocenters. The van der Waals surface area contributed by atoms with E-state index < -0.39 is 5.97 Å². The van der Waals surface area contributed by atoms with Crippen LogP contribution >= 0.6 is 23.2 Å². The van der Waals surface area contributed by atoms with Gasteiger partial charge < -0.3 is 14.3 Å². The standard InChI is InChI=1S/C12H9Cl2NO4/c1-2-18-12-9(11(16)17)15-10(19-12)8-6(13)4-3-5-7(8)14/h3-5H,2H2,1H3,(H,16,17). The van der Waals surface area contributed by atoms with Crippen molar-refractivity contribution < 1.29 is 19.1 Å². The largest absolute Gasteiger partial charge is 0.476 e. The average molecular weight is 302 g/mol. The normalized spacial score (nSPS) is 10.5.